The molecule has 2 atom stereocenters. The van der Waals surface area contributed by atoms with E-state index in [1.807, 2.05) is 25.1 Å². The number of likely N-dealkylation sites (tertiary alicyclic amines) is 1. The van der Waals surface area contributed by atoms with Gasteiger partial charge in [0.25, 0.3) is 0 Å². The van der Waals surface area contributed by atoms with Crippen molar-refractivity contribution >= 4 is 35.0 Å². The van der Waals surface area contributed by atoms with E-state index in [9.17, 15) is 9.90 Å². The number of hydrogen-bond donors (Lipinski definition) is 2. The Bertz CT molecular complexity index is 906. The van der Waals surface area contributed by atoms with E-state index in [1.165, 1.54) is 0 Å². The summed E-state index contributed by atoms with van der Waals surface area (Å²) >= 11 is 12.5. The summed E-state index contributed by atoms with van der Waals surface area (Å²) in [5.74, 6) is 0.0104. The van der Waals surface area contributed by atoms with E-state index in [0.717, 1.165) is 40.5 Å². The van der Waals surface area contributed by atoms with Gasteiger partial charge in [-0.3, -0.25) is 9.69 Å². The van der Waals surface area contributed by atoms with Crippen LogP contribution < -0.4 is 5.32 Å². The van der Waals surface area contributed by atoms with Crippen molar-refractivity contribution in [2.45, 2.75) is 46.2 Å². The van der Waals surface area contributed by atoms with Crippen LogP contribution >= 0.6 is 23.2 Å². The molecule has 7 heteroatoms. The zero-order valence-corrected chi connectivity index (χ0v) is 18.5. The lowest BCUT2D eigenvalue weighted by molar-refractivity contribution is -0.147. The number of halogens is 2. The van der Waals surface area contributed by atoms with Crippen molar-refractivity contribution in [2.75, 3.05) is 18.4 Å². The second-order valence-corrected chi connectivity index (χ2v) is 8.92. The number of carbonyl (C=O) groups is 1. The zero-order valence-electron chi connectivity index (χ0n) is 17.0. The van der Waals surface area contributed by atoms with Gasteiger partial charge >= 0.3 is 5.97 Å². The van der Waals surface area contributed by atoms with Gasteiger partial charge in [0.15, 0.2) is 0 Å². The van der Waals surface area contributed by atoms with Gasteiger partial charge in [0.1, 0.15) is 5.82 Å². The number of hydrogen-bond acceptors (Lipinski definition) is 4. The van der Waals surface area contributed by atoms with Crippen LogP contribution in [0.1, 0.15) is 49.4 Å². The van der Waals surface area contributed by atoms with Crippen molar-refractivity contribution < 1.29 is 9.90 Å². The number of pyridine rings is 1. The number of carboxylic acid groups (broad SMARTS) is 1. The van der Waals surface area contributed by atoms with E-state index in [2.05, 4.69) is 28.2 Å². The van der Waals surface area contributed by atoms with Crippen LogP contribution in [0, 0.1) is 12.3 Å². The molecule has 3 rings (SSSR count). The molecule has 0 amide bonds. The van der Waals surface area contributed by atoms with E-state index in [-0.39, 0.29) is 6.04 Å². The first-order valence-corrected chi connectivity index (χ1v) is 10.6. The number of anilines is 1. The maximum Gasteiger partial charge on any atom is 0.310 e. The standard InChI is InChI=1S/C22H27Cl2N3O2/c1-4-19(15-5-6-17(23)14(2)9-15)26-20-10-16(18(24)11-25-20)12-27-8-7-22(3,13-27)21(28)29/h5-6,9-11,19H,4,7-8,12-13H2,1-3H3,(H,25,26)(H,28,29)/t19-,22-/m1/s1. The Kier molecular flexibility index (Phi) is 6.72. The number of nitrogens with one attached hydrogen (secondary N) is 1. The fraction of sp³-hybridized carbons (Fsp3) is 0.455. The van der Waals surface area contributed by atoms with Crippen LogP contribution in [-0.2, 0) is 11.3 Å². The lowest BCUT2D eigenvalue weighted by Crippen LogP contribution is -2.31. The van der Waals surface area contributed by atoms with Crippen molar-refractivity contribution in [3.05, 3.63) is 57.2 Å². The number of aliphatic carboxylic acids is 1. The predicted molar refractivity (Wildman–Crippen MR) is 118 cm³/mol. The lowest BCUT2D eigenvalue weighted by Gasteiger charge is -2.22. The summed E-state index contributed by atoms with van der Waals surface area (Å²) in [4.78, 5) is 18.1. The van der Waals surface area contributed by atoms with Crippen LogP contribution in [0.5, 0.6) is 0 Å². The molecule has 5 nitrogen and oxygen atoms in total. The highest BCUT2D eigenvalue weighted by molar-refractivity contribution is 6.31. The van der Waals surface area contributed by atoms with E-state index >= 15 is 0 Å². The number of nitrogens with zero attached hydrogens (tertiary/aromatic N) is 2. The minimum absolute atomic E-state index is 0.106. The molecule has 0 saturated carbocycles. The topological polar surface area (TPSA) is 65.5 Å². The average Bonchev–Trinajstić information content (AvgIpc) is 3.07. The Balaban J connectivity index is 1.74. The Morgan fingerprint density at radius 2 is 2.10 bits per heavy atom. The van der Waals surface area contributed by atoms with Crippen LogP contribution in [0.2, 0.25) is 10.0 Å². The van der Waals surface area contributed by atoms with Crippen molar-refractivity contribution in [1.29, 1.82) is 0 Å². The molecule has 1 aliphatic rings. The first-order valence-electron chi connectivity index (χ1n) is 9.84. The molecule has 0 unspecified atom stereocenters. The number of aryl methyl sites for hydroxylation is 1. The first-order chi connectivity index (χ1) is 13.7. The van der Waals surface area contributed by atoms with Gasteiger partial charge in [-0.1, -0.05) is 42.3 Å². The molecule has 29 heavy (non-hydrogen) atoms. The van der Waals surface area contributed by atoms with Gasteiger partial charge in [-0.25, -0.2) is 4.98 Å². The summed E-state index contributed by atoms with van der Waals surface area (Å²) < 4.78 is 0. The summed E-state index contributed by atoms with van der Waals surface area (Å²) in [6.07, 6.45) is 3.19. The van der Waals surface area contributed by atoms with Gasteiger partial charge in [0, 0.05) is 24.3 Å². The van der Waals surface area contributed by atoms with Crippen LogP contribution in [0.3, 0.4) is 0 Å². The quantitative estimate of drug-likeness (QED) is 0.595. The predicted octanol–water partition coefficient (Wildman–Crippen LogP) is 5.56. The molecule has 1 aromatic carbocycles. The van der Waals surface area contributed by atoms with Gasteiger partial charge in [-0.05, 0) is 62.1 Å². The third kappa shape index (κ3) is 5.03. The molecule has 2 aromatic rings. The van der Waals surface area contributed by atoms with Gasteiger partial charge in [-0.15, -0.1) is 0 Å². The molecule has 156 valence electrons. The number of rotatable bonds is 7. The molecule has 2 N–H and O–H groups in total. The third-order valence-electron chi connectivity index (χ3n) is 5.71. The number of aromatic nitrogens is 1. The minimum atomic E-state index is -0.743. The largest absolute Gasteiger partial charge is 0.481 e. The maximum absolute atomic E-state index is 11.5. The smallest absolute Gasteiger partial charge is 0.310 e. The molecule has 0 radical (unpaired) electrons. The fourth-order valence-electron chi connectivity index (χ4n) is 3.77. The monoisotopic (exact) mass is 435 g/mol. The molecular formula is C22H27Cl2N3O2. The number of carboxylic acids is 1. The second kappa shape index (κ2) is 8.90. The number of benzene rings is 1. The molecule has 2 heterocycles. The van der Waals surface area contributed by atoms with Crippen LogP contribution in [0.25, 0.3) is 0 Å². The summed E-state index contributed by atoms with van der Waals surface area (Å²) in [6.45, 7) is 7.79. The summed E-state index contributed by atoms with van der Waals surface area (Å²) in [7, 11) is 0. The highest BCUT2D eigenvalue weighted by Crippen LogP contribution is 2.33. The summed E-state index contributed by atoms with van der Waals surface area (Å²) in [5, 5.41) is 14.3. The Labute approximate surface area is 182 Å². The summed E-state index contributed by atoms with van der Waals surface area (Å²) in [5.41, 5.74) is 2.45. The first kappa shape index (κ1) is 21.9. The third-order valence-corrected chi connectivity index (χ3v) is 6.48. The van der Waals surface area contributed by atoms with Gasteiger partial charge in [0.05, 0.1) is 16.5 Å². The molecule has 1 saturated heterocycles. The van der Waals surface area contributed by atoms with Crippen molar-refractivity contribution in [3.63, 3.8) is 0 Å². The van der Waals surface area contributed by atoms with E-state index in [0.29, 0.717) is 24.5 Å². The Morgan fingerprint density at radius 1 is 1.34 bits per heavy atom. The van der Waals surface area contributed by atoms with Gasteiger partial charge in [-0.2, -0.15) is 0 Å². The SMILES string of the molecule is CC[C@@H](Nc1cc(CN2CC[C@@](C)(C(=O)O)C2)c(Cl)cn1)c1ccc(Cl)c(C)c1. The lowest BCUT2D eigenvalue weighted by atomic mass is 9.90. The Hall–Kier alpha value is -1.82. The average molecular weight is 436 g/mol. The molecule has 1 aliphatic heterocycles. The fourth-order valence-corrected chi connectivity index (χ4v) is 4.05. The van der Waals surface area contributed by atoms with Gasteiger partial charge < -0.3 is 10.4 Å². The highest BCUT2D eigenvalue weighted by Gasteiger charge is 2.40. The highest BCUT2D eigenvalue weighted by atomic mass is 35.5. The van der Waals surface area contributed by atoms with Crippen LogP contribution in [0.15, 0.2) is 30.5 Å². The molecular weight excluding hydrogens is 409 g/mol. The van der Waals surface area contributed by atoms with Crippen molar-refractivity contribution in [1.82, 2.24) is 9.88 Å². The van der Waals surface area contributed by atoms with E-state index in [1.54, 1.807) is 13.1 Å². The summed E-state index contributed by atoms with van der Waals surface area (Å²) in [6, 6.07) is 8.12. The van der Waals surface area contributed by atoms with E-state index < -0.39 is 11.4 Å². The minimum Gasteiger partial charge on any atom is -0.481 e. The Morgan fingerprint density at radius 3 is 2.72 bits per heavy atom. The van der Waals surface area contributed by atoms with Gasteiger partial charge in [0.2, 0.25) is 0 Å². The zero-order chi connectivity index (χ0) is 21.2. The van der Waals surface area contributed by atoms with Crippen molar-refractivity contribution in [3.8, 4) is 0 Å². The van der Waals surface area contributed by atoms with Crippen LogP contribution in [-0.4, -0.2) is 34.0 Å². The van der Waals surface area contributed by atoms with Crippen molar-refractivity contribution in [2.24, 2.45) is 5.41 Å². The van der Waals surface area contributed by atoms with Crippen LogP contribution in [0.4, 0.5) is 5.82 Å². The molecule has 1 aromatic heterocycles. The van der Waals surface area contributed by atoms with E-state index in [4.69, 9.17) is 23.2 Å². The molecule has 1 fully saturated rings. The molecule has 0 aliphatic carbocycles. The normalized spacial score (nSPS) is 20.6. The molecule has 0 bridgehead atoms. The maximum atomic E-state index is 11.5. The second-order valence-electron chi connectivity index (χ2n) is 8.10. The molecule has 0 spiro atoms.